The third-order valence-electron chi connectivity index (χ3n) is 0.216. The minimum absolute atomic E-state index is 0.231. The molecule has 3 heteroatoms. The predicted molar refractivity (Wildman–Crippen MR) is 25.2 cm³/mol. The maximum atomic E-state index is 9.68. The molecule has 0 atom stereocenters. The van der Waals surface area contributed by atoms with E-state index in [2.05, 4.69) is 27.6 Å². The molecule has 0 aliphatic rings. The average molecular weight is 152 g/mol. The lowest BCUT2D eigenvalue weighted by molar-refractivity contribution is -0.135. The molecule has 0 fully saturated rings. The van der Waals surface area contributed by atoms with Crippen LogP contribution in [-0.4, -0.2) is 11.5 Å². The van der Waals surface area contributed by atoms with Gasteiger partial charge >= 0.3 is 5.97 Å². The van der Waals surface area contributed by atoms with Crippen LogP contribution in [0.5, 0.6) is 0 Å². The molecule has 0 spiro atoms. The number of hydrogen-bond donors (Lipinski definition) is 0. The standard InChI is InChI=1S/C3H4BrO2/c1-3(5)6-2-4/h1-2H2. The van der Waals surface area contributed by atoms with Crippen LogP contribution in [0.1, 0.15) is 0 Å². The van der Waals surface area contributed by atoms with Gasteiger partial charge in [-0.25, -0.2) is 0 Å². The number of hydrogen-bond acceptors (Lipinski definition) is 2. The van der Waals surface area contributed by atoms with Gasteiger partial charge in [0.1, 0.15) is 5.52 Å². The van der Waals surface area contributed by atoms with E-state index < -0.39 is 5.97 Å². The van der Waals surface area contributed by atoms with E-state index in [1.54, 1.807) is 0 Å². The number of rotatable bonds is 1. The topological polar surface area (TPSA) is 26.3 Å². The number of carbonyl (C=O) groups is 1. The first-order valence-corrected chi connectivity index (χ1v) is 2.44. The second kappa shape index (κ2) is 3.15. The van der Waals surface area contributed by atoms with Gasteiger partial charge < -0.3 is 4.74 Å². The normalized spacial score (nSPS) is 7.67. The summed E-state index contributed by atoms with van der Waals surface area (Å²) in [6.07, 6.45) is 0. The van der Waals surface area contributed by atoms with Crippen molar-refractivity contribution in [2.45, 2.75) is 0 Å². The molecule has 0 heterocycles. The fourth-order valence-corrected chi connectivity index (χ4v) is 0.316. The minimum atomic E-state index is -0.508. The third kappa shape index (κ3) is 3.95. The molecule has 0 aromatic heterocycles. The van der Waals surface area contributed by atoms with Gasteiger partial charge in [0.05, 0.1) is 6.92 Å². The van der Waals surface area contributed by atoms with Crippen molar-refractivity contribution in [1.82, 2.24) is 0 Å². The van der Waals surface area contributed by atoms with Gasteiger partial charge in [-0.05, 0) is 15.9 Å². The Morgan fingerprint density at radius 2 is 2.50 bits per heavy atom. The van der Waals surface area contributed by atoms with Crippen molar-refractivity contribution >= 4 is 21.9 Å². The van der Waals surface area contributed by atoms with E-state index in [0.29, 0.717) is 0 Å². The third-order valence-corrected chi connectivity index (χ3v) is 0.444. The fourth-order valence-electron chi connectivity index (χ4n) is 0.0608. The maximum absolute atomic E-state index is 9.68. The molecule has 1 radical (unpaired) electrons. The molecule has 0 rings (SSSR count). The first-order chi connectivity index (χ1) is 2.77. The van der Waals surface area contributed by atoms with E-state index in [1.165, 1.54) is 0 Å². The Kier molecular flexibility index (Phi) is 3.13. The van der Waals surface area contributed by atoms with E-state index in [9.17, 15) is 4.79 Å². The van der Waals surface area contributed by atoms with Crippen molar-refractivity contribution in [2.75, 3.05) is 5.52 Å². The Morgan fingerprint density at radius 3 is 2.50 bits per heavy atom. The van der Waals surface area contributed by atoms with Gasteiger partial charge in [-0.3, -0.25) is 4.79 Å². The second-order valence-electron chi connectivity index (χ2n) is 0.625. The van der Waals surface area contributed by atoms with Gasteiger partial charge in [0.2, 0.25) is 0 Å². The van der Waals surface area contributed by atoms with Crippen LogP contribution in [0.25, 0.3) is 0 Å². The van der Waals surface area contributed by atoms with E-state index in [4.69, 9.17) is 0 Å². The molecule has 0 N–H and O–H groups in total. The number of alkyl halides is 1. The van der Waals surface area contributed by atoms with Gasteiger partial charge in [0.25, 0.3) is 0 Å². The number of halogens is 1. The van der Waals surface area contributed by atoms with Crippen molar-refractivity contribution in [2.24, 2.45) is 0 Å². The molecular weight excluding hydrogens is 148 g/mol. The summed E-state index contributed by atoms with van der Waals surface area (Å²) in [5, 5.41) is 0. The molecule has 0 unspecified atom stereocenters. The van der Waals surface area contributed by atoms with Gasteiger partial charge in [-0.2, -0.15) is 0 Å². The Balaban J connectivity index is 2.83. The van der Waals surface area contributed by atoms with Crippen molar-refractivity contribution in [3.8, 4) is 0 Å². The highest BCUT2D eigenvalue weighted by Gasteiger charge is 1.83. The van der Waals surface area contributed by atoms with Crippen molar-refractivity contribution in [1.29, 1.82) is 0 Å². The van der Waals surface area contributed by atoms with Gasteiger partial charge in [-0.1, -0.05) is 0 Å². The zero-order valence-electron chi connectivity index (χ0n) is 3.11. The van der Waals surface area contributed by atoms with Crippen LogP contribution < -0.4 is 0 Å². The molecule has 6 heavy (non-hydrogen) atoms. The molecule has 0 aromatic carbocycles. The highest BCUT2D eigenvalue weighted by atomic mass is 79.9. The summed E-state index contributed by atoms with van der Waals surface area (Å²) in [7, 11) is 0. The number of esters is 1. The highest BCUT2D eigenvalue weighted by Crippen LogP contribution is 1.80. The molecule has 0 amide bonds. The van der Waals surface area contributed by atoms with Crippen molar-refractivity contribution < 1.29 is 9.53 Å². The summed E-state index contributed by atoms with van der Waals surface area (Å²) in [4.78, 5) is 9.68. The van der Waals surface area contributed by atoms with E-state index in [0.717, 1.165) is 0 Å². The van der Waals surface area contributed by atoms with Crippen LogP contribution in [0.15, 0.2) is 0 Å². The molecule has 0 bridgehead atoms. The van der Waals surface area contributed by atoms with Crippen molar-refractivity contribution in [3.63, 3.8) is 0 Å². The van der Waals surface area contributed by atoms with Crippen molar-refractivity contribution in [3.05, 3.63) is 6.92 Å². The van der Waals surface area contributed by atoms with E-state index >= 15 is 0 Å². The van der Waals surface area contributed by atoms with Crippen LogP contribution in [0, 0.1) is 6.92 Å². The number of carbonyl (C=O) groups excluding carboxylic acids is 1. The smallest absolute Gasteiger partial charge is 0.307 e. The SMILES string of the molecule is [CH2]C(=O)OCBr. The van der Waals surface area contributed by atoms with Crippen LogP contribution in [0.2, 0.25) is 0 Å². The molecule has 2 nitrogen and oxygen atoms in total. The Hall–Kier alpha value is -0.0500. The monoisotopic (exact) mass is 151 g/mol. The van der Waals surface area contributed by atoms with E-state index in [1.807, 2.05) is 0 Å². The van der Waals surface area contributed by atoms with Crippen LogP contribution >= 0.6 is 15.9 Å². The summed E-state index contributed by atoms with van der Waals surface area (Å²) < 4.78 is 4.21. The summed E-state index contributed by atoms with van der Waals surface area (Å²) >= 11 is 2.87. The molecule has 0 aliphatic heterocycles. The summed E-state index contributed by atoms with van der Waals surface area (Å²) in [5.41, 5.74) is 0.231. The second-order valence-corrected chi connectivity index (χ2v) is 1.08. The minimum Gasteiger partial charge on any atom is -0.454 e. The average Bonchev–Trinajstić information content (AvgIpc) is 1.35. The quantitative estimate of drug-likeness (QED) is 0.408. The first-order valence-electron chi connectivity index (χ1n) is 1.32. The first kappa shape index (κ1) is 5.95. The lowest BCUT2D eigenvalue weighted by Gasteiger charge is -1.87. The molecule has 0 aliphatic carbocycles. The lowest BCUT2D eigenvalue weighted by Crippen LogP contribution is -1.93. The van der Waals surface area contributed by atoms with Crippen LogP contribution in [0.4, 0.5) is 0 Å². The summed E-state index contributed by atoms with van der Waals surface area (Å²) in [6.45, 7) is 2.94. The van der Waals surface area contributed by atoms with Gasteiger partial charge in [0.15, 0.2) is 0 Å². The molecule has 0 saturated carbocycles. The molecular formula is C3H4BrO2. The van der Waals surface area contributed by atoms with Gasteiger partial charge in [-0.15, -0.1) is 0 Å². The molecule has 0 aromatic rings. The Labute approximate surface area is 44.6 Å². The van der Waals surface area contributed by atoms with Gasteiger partial charge in [0, 0.05) is 0 Å². The fraction of sp³-hybridized carbons (Fsp3) is 0.333. The van der Waals surface area contributed by atoms with Crippen LogP contribution in [-0.2, 0) is 9.53 Å². The zero-order valence-corrected chi connectivity index (χ0v) is 4.69. The summed E-state index contributed by atoms with van der Waals surface area (Å²) in [5.74, 6) is -0.508. The maximum Gasteiger partial charge on any atom is 0.307 e. The molecule has 35 valence electrons. The van der Waals surface area contributed by atoms with E-state index in [-0.39, 0.29) is 5.52 Å². The largest absolute Gasteiger partial charge is 0.454 e. The number of ether oxygens (including phenoxy) is 1. The summed E-state index contributed by atoms with van der Waals surface area (Å²) in [6, 6.07) is 0. The van der Waals surface area contributed by atoms with Crippen LogP contribution in [0.3, 0.4) is 0 Å². The highest BCUT2D eigenvalue weighted by molar-refractivity contribution is 9.09. The molecule has 0 saturated heterocycles. The Bertz CT molecular complexity index is 52.8. The zero-order chi connectivity index (χ0) is 4.99. The predicted octanol–water partition coefficient (Wildman–Crippen LogP) is 0.716. The lowest BCUT2D eigenvalue weighted by atomic mass is 10.8. The Morgan fingerprint density at radius 1 is 2.00 bits per heavy atom.